The SMILES string of the molecule is CC(C)(C)SCc1occc1C(=O)NN. The number of hydrogen-bond acceptors (Lipinski definition) is 4. The van der Waals surface area contributed by atoms with Crippen molar-refractivity contribution in [2.45, 2.75) is 31.3 Å². The van der Waals surface area contributed by atoms with E-state index in [-0.39, 0.29) is 10.7 Å². The van der Waals surface area contributed by atoms with Gasteiger partial charge in [-0.3, -0.25) is 10.2 Å². The third kappa shape index (κ3) is 3.60. The number of amides is 1. The number of nitrogens with two attached hydrogens (primary N) is 1. The van der Waals surface area contributed by atoms with Crippen LogP contribution < -0.4 is 11.3 Å². The molecule has 5 heteroatoms. The van der Waals surface area contributed by atoms with Crippen LogP contribution >= 0.6 is 11.8 Å². The predicted octanol–water partition coefficient (Wildman–Crippen LogP) is 1.91. The molecule has 0 bridgehead atoms. The summed E-state index contributed by atoms with van der Waals surface area (Å²) in [6, 6.07) is 1.63. The summed E-state index contributed by atoms with van der Waals surface area (Å²) in [5.41, 5.74) is 2.61. The number of carbonyl (C=O) groups is 1. The summed E-state index contributed by atoms with van der Waals surface area (Å²) in [7, 11) is 0. The van der Waals surface area contributed by atoms with Crippen LogP contribution in [0.25, 0.3) is 0 Å². The smallest absolute Gasteiger partial charge is 0.268 e. The fraction of sp³-hybridized carbons (Fsp3) is 0.500. The van der Waals surface area contributed by atoms with E-state index in [1.54, 1.807) is 17.8 Å². The van der Waals surface area contributed by atoms with E-state index in [2.05, 4.69) is 26.2 Å². The zero-order valence-corrected chi connectivity index (χ0v) is 9.98. The average Bonchev–Trinajstić information content (AvgIpc) is 2.60. The minimum absolute atomic E-state index is 0.142. The summed E-state index contributed by atoms with van der Waals surface area (Å²) in [6.07, 6.45) is 1.50. The van der Waals surface area contributed by atoms with Crippen molar-refractivity contribution in [2.75, 3.05) is 0 Å². The van der Waals surface area contributed by atoms with Gasteiger partial charge in [-0.2, -0.15) is 0 Å². The van der Waals surface area contributed by atoms with E-state index in [0.717, 1.165) is 0 Å². The molecule has 0 radical (unpaired) electrons. The van der Waals surface area contributed by atoms with Gasteiger partial charge in [-0.15, -0.1) is 11.8 Å². The first-order valence-corrected chi connectivity index (χ1v) is 5.64. The maximum absolute atomic E-state index is 11.3. The number of rotatable bonds is 3. The van der Waals surface area contributed by atoms with Crippen molar-refractivity contribution in [1.82, 2.24) is 5.43 Å². The minimum atomic E-state index is -0.312. The average molecular weight is 228 g/mol. The lowest BCUT2D eigenvalue weighted by atomic mass is 10.2. The van der Waals surface area contributed by atoms with Gasteiger partial charge in [0.05, 0.1) is 17.6 Å². The molecule has 84 valence electrons. The molecule has 1 aromatic rings. The van der Waals surface area contributed by atoms with Crippen LogP contribution in [0, 0.1) is 0 Å². The summed E-state index contributed by atoms with van der Waals surface area (Å²) >= 11 is 1.72. The highest BCUT2D eigenvalue weighted by Crippen LogP contribution is 2.28. The van der Waals surface area contributed by atoms with Crippen LogP contribution in [0.15, 0.2) is 16.7 Å². The maximum Gasteiger partial charge on any atom is 0.268 e. The molecule has 0 aliphatic rings. The van der Waals surface area contributed by atoms with Crippen molar-refractivity contribution in [2.24, 2.45) is 5.84 Å². The summed E-state index contributed by atoms with van der Waals surface area (Å²) in [4.78, 5) is 11.3. The third-order valence-electron chi connectivity index (χ3n) is 1.76. The lowest BCUT2D eigenvalue weighted by Gasteiger charge is -2.16. The number of nitrogen functional groups attached to an aromatic ring is 1. The van der Waals surface area contributed by atoms with Crippen molar-refractivity contribution in [1.29, 1.82) is 0 Å². The second-order valence-electron chi connectivity index (χ2n) is 4.13. The van der Waals surface area contributed by atoms with E-state index in [0.29, 0.717) is 17.1 Å². The Morgan fingerprint density at radius 2 is 2.27 bits per heavy atom. The number of hydrogen-bond donors (Lipinski definition) is 2. The molecule has 0 saturated heterocycles. The Balaban J connectivity index is 2.70. The number of nitrogens with one attached hydrogen (secondary N) is 1. The Hall–Kier alpha value is -0.940. The number of thioether (sulfide) groups is 1. The maximum atomic E-state index is 11.3. The van der Waals surface area contributed by atoms with E-state index in [9.17, 15) is 4.79 Å². The molecule has 1 heterocycles. The zero-order valence-electron chi connectivity index (χ0n) is 9.16. The summed E-state index contributed by atoms with van der Waals surface area (Å²) < 4.78 is 5.39. The van der Waals surface area contributed by atoms with Gasteiger partial charge in [-0.1, -0.05) is 20.8 Å². The van der Waals surface area contributed by atoms with Crippen LogP contribution in [-0.2, 0) is 5.75 Å². The highest BCUT2D eigenvalue weighted by molar-refractivity contribution is 7.99. The summed E-state index contributed by atoms with van der Waals surface area (Å²) in [5.74, 6) is 6.08. The molecule has 1 rings (SSSR count). The summed E-state index contributed by atoms with van der Waals surface area (Å²) in [6.45, 7) is 6.34. The topological polar surface area (TPSA) is 68.3 Å². The molecule has 0 saturated carbocycles. The Labute approximate surface area is 93.6 Å². The normalized spacial score (nSPS) is 11.5. The molecule has 0 aliphatic carbocycles. The van der Waals surface area contributed by atoms with Gasteiger partial charge >= 0.3 is 0 Å². The fourth-order valence-electron chi connectivity index (χ4n) is 1.01. The Kier molecular flexibility index (Phi) is 3.82. The molecule has 0 aliphatic heterocycles. The molecule has 3 N–H and O–H groups in total. The van der Waals surface area contributed by atoms with Crippen LogP contribution in [0.2, 0.25) is 0 Å². The van der Waals surface area contributed by atoms with Gasteiger partial charge in [0.25, 0.3) is 5.91 Å². The number of furan rings is 1. The van der Waals surface area contributed by atoms with Gasteiger partial charge < -0.3 is 4.42 Å². The van der Waals surface area contributed by atoms with Gasteiger partial charge in [0, 0.05) is 4.75 Å². The molecule has 0 aromatic carbocycles. The standard InChI is InChI=1S/C10H16N2O2S/c1-10(2,3)15-6-8-7(4-5-14-8)9(13)12-11/h4-5H,6,11H2,1-3H3,(H,12,13). The first-order valence-electron chi connectivity index (χ1n) is 4.65. The fourth-order valence-corrected chi connectivity index (χ4v) is 1.80. The van der Waals surface area contributed by atoms with Crippen LogP contribution in [0.4, 0.5) is 0 Å². The molecule has 0 spiro atoms. The second-order valence-corrected chi connectivity index (χ2v) is 5.93. The molecule has 4 nitrogen and oxygen atoms in total. The van der Waals surface area contributed by atoms with Crippen molar-refractivity contribution in [3.8, 4) is 0 Å². The highest BCUT2D eigenvalue weighted by Gasteiger charge is 2.17. The second kappa shape index (κ2) is 4.72. The first-order chi connectivity index (χ1) is 6.94. The highest BCUT2D eigenvalue weighted by atomic mass is 32.2. The monoisotopic (exact) mass is 228 g/mol. The lowest BCUT2D eigenvalue weighted by Crippen LogP contribution is -2.30. The van der Waals surface area contributed by atoms with E-state index < -0.39 is 0 Å². The van der Waals surface area contributed by atoms with Crippen molar-refractivity contribution in [3.05, 3.63) is 23.7 Å². The third-order valence-corrected chi connectivity index (χ3v) is 3.03. The van der Waals surface area contributed by atoms with Crippen LogP contribution in [0.3, 0.4) is 0 Å². The van der Waals surface area contributed by atoms with Gasteiger partial charge in [0.2, 0.25) is 0 Å². The first kappa shape index (κ1) is 12.1. The Morgan fingerprint density at radius 3 is 2.80 bits per heavy atom. The molecule has 1 aromatic heterocycles. The minimum Gasteiger partial charge on any atom is -0.468 e. The quantitative estimate of drug-likeness (QED) is 0.471. The predicted molar refractivity (Wildman–Crippen MR) is 61.4 cm³/mol. The molecule has 15 heavy (non-hydrogen) atoms. The van der Waals surface area contributed by atoms with Gasteiger partial charge in [0.1, 0.15) is 5.76 Å². The molecule has 0 fully saturated rings. The summed E-state index contributed by atoms with van der Waals surface area (Å²) in [5, 5.41) is 0. The van der Waals surface area contributed by atoms with Crippen LogP contribution in [-0.4, -0.2) is 10.7 Å². The Morgan fingerprint density at radius 1 is 1.60 bits per heavy atom. The molecule has 0 unspecified atom stereocenters. The van der Waals surface area contributed by atoms with Crippen LogP contribution in [0.1, 0.15) is 36.9 Å². The molecular weight excluding hydrogens is 212 g/mol. The number of carbonyl (C=O) groups excluding carboxylic acids is 1. The van der Waals surface area contributed by atoms with Crippen LogP contribution in [0.5, 0.6) is 0 Å². The lowest BCUT2D eigenvalue weighted by molar-refractivity contribution is 0.0952. The van der Waals surface area contributed by atoms with E-state index in [1.165, 1.54) is 6.26 Å². The molecule has 0 atom stereocenters. The van der Waals surface area contributed by atoms with Crippen molar-refractivity contribution < 1.29 is 9.21 Å². The number of hydrazine groups is 1. The Bertz CT molecular complexity index is 341. The van der Waals surface area contributed by atoms with Crippen molar-refractivity contribution in [3.63, 3.8) is 0 Å². The zero-order chi connectivity index (χ0) is 11.5. The van der Waals surface area contributed by atoms with Gasteiger partial charge in [-0.25, -0.2) is 5.84 Å². The largest absolute Gasteiger partial charge is 0.468 e. The molecule has 1 amide bonds. The molecular formula is C10H16N2O2S. The van der Waals surface area contributed by atoms with E-state index >= 15 is 0 Å². The van der Waals surface area contributed by atoms with Gasteiger partial charge in [0.15, 0.2) is 0 Å². The van der Waals surface area contributed by atoms with E-state index in [4.69, 9.17) is 10.3 Å². The van der Waals surface area contributed by atoms with Crippen molar-refractivity contribution >= 4 is 17.7 Å². The van der Waals surface area contributed by atoms with E-state index in [1.807, 2.05) is 0 Å². The van der Waals surface area contributed by atoms with Gasteiger partial charge in [-0.05, 0) is 6.07 Å².